The number of benzene rings is 2. The molecule has 0 spiro atoms. The topological polar surface area (TPSA) is 148 Å². The predicted molar refractivity (Wildman–Crippen MR) is 131 cm³/mol. The summed E-state index contributed by atoms with van der Waals surface area (Å²) in [4.78, 5) is 43.5. The summed E-state index contributed by atoms with van der Waals surface area (Å²) in [5.41, 5.74) is 1.82. The molecule has 34 heavy (non-hydrogen) atoms. The number of nitro benzene ring substituents is 1. The smallest absolute Gasteiger partial charge is 0.325 e. The van der Waals surface area contributed by atoms with Gasteiger partial charge in [0.05, 0.1) is 27.9 Å². The molecule has 0 atom stereocenters. The quantitative estimate of drug-likeness (QED) is 0.231. The van der Waals surface area contributed by atoms with Crippen molar-refractivity contribution in [2.45, 2.75) is 12.8 Å². The number of carbonyl (C=O) groups is 2. The van der Waals surface area contributed by atoms with E-state index in [0.717, 1.165) is 0 Å². The summed E-state index contributed by atoms with van der Waals surface area (Å²) in [6.45, 7) is 0. The summed E-state index contributed by atoms with van der Waals surface area (Å²) in [5, 5.41) is 21.5. The van der Waals surface area contributed by atoms with Gasteiger partial charge >= 0.3 is 6.03 Å². The van der Waals surface area contributed by atoms with Gasteiger partial charge in [-0.2, -0.15) is 0 Å². The van der Waals surface area contributed by atoms with Crippen LogP contribution in [0.3, 0.4) is 0 Å². The first-order chi connectivity index (χ1) is 16.4. The third-order valence-electron chi connectivity index (χ3n) is 4.56. The van der Waals surface area contributed by atoms with Crippen LogP contribution in [-0.2, 0) is 11.2 Å². The fourth-order valence-electron chi connectivity index (χ4n) is 2.92. The van der Waals surface area contributed by atoms with E-state index < -0.39 is 11.0 Å². The lowest BCUT2D eigenvalue weighted by Crippen LogP contribution is -2.19. The summed E-state index contributed by atoms with van der Waals surface area (Å²) < 4.78 is 5.70. The lowest BCUT2D eigenvalue weighted by molar-refractivity contribution is -0.384. The molecule has 2 heterocycles. The van der Waals surface area contributed by atoms with Crippen LogP contribution in [0.2, 0.25) is 0 Å². The standard InChI is InChI=1S/C21H18N6O5S2/c1-32-15-6-2-12(3-7-15)22-19(29)26-20-23-13(11-33-20)4-9-18(28)25-21-24-16-8-5-14(27(30)31)10-17(16)34-21/h2-3,5-8,10-11H,4,9H2,1H3,(H,24,25,28)(H2,22,23,26,29). The summed E-state index contributed by atoms with van der Waals surface area (Å²) in [5.74, 6) is 0.431. The number of thiazole rings is 2. The van der Waals surface area contributed by atoms with Crippen LogP contribution in [-0.4, -0.2) is 33.9 Å². The second-order valence-electron chi connectivity index (χ2n) is 6.93. The zero-order chi connectivity index (χ0) is 24.1. The van der Waals surface area contributed by atoms with Crippen molar-refractivity contribution in [3.05, 3.63) is 63.7 Å². The Bertz CT molecular complexity index is 1350. The van der Waals surface area contributed by atoms with Crippen LogP contribution < -0.4 is 20.7 Å². The molecule has 2 aromatic carbocycles. The van der Waals surface area contributed by atoms with Crippen molar-refractivity contribution >= 4 is 66.5 Å². The summed E-state index contributed by atoms with van der Waals surface area (Å²) in [6.07, 6.45) is 0.539. The first-order valence-corrected chi connectivity index (χ1v) is 11.6. The third kappa shape index (κ3) is 5.82. The highest BCUT2D eigenvalue weighted by Crippen LogP contribution is 2.29. The molecule has 0 aliphatic heterocycles. The first kappa shape index (κ1) is 23.1. The molecule has 4 rings (SSSR count). The van der Waals surface area contributed by atoms with E-state index in [1.807, 2.05) is 0 Å². The zero-order valence-corrected chi connectivity index (χ0v) is 19.4. The number of carbonyl (C=O) groups excluding carboxylic acids is 2. The molecule has 2 aromatic heterocycles. The van der Waals surface area contributed by atoms with Crippen LogP contribution in [0.4, 0.5) is 26.4 Å². The number of urea groups is 1. The number of rotatable bonds is 8. The van der Waals surface area contributed by atoms with Gasteiger partial charge in [-0.05, 0) is 36.8 Å². The number of hydrogen-bond acceptors (Lipinski definition) is 9. The summed E-state index contributed by atoms with van der Waals surface area (Å²) in [6, 6.07) is 10.8. The monoisotopic (exact) mass is 498 g/mol. The molecule has 0 fully saturated rings. The molecule has 11 nitrogen and oxygen atoms in total. The second-order valence-corrected chi connectivity index (χ2v) is 8.82. The van der Waals surface area contributed by atoms with Crippen LogP contribution in [0.15, 0.2) is 47.8 Å². The fraction of sp³-hybridized carbons (Fsp3) is 0.143. The predicted octanol–water partition coefficient (Wildman–Crippen LogP) is 4.88. The van der Waals surface area contributed by atoms with Gasteiger partial charge < -0.3 is 15.4 Å². The van der Waals surface area contributed by atoms with E-state index in [1.54, 1.807) is 42.8 Å². The summed E-state index contributed by atoms with van der Waals surface area (Å²) in [7, 11) is 1.56. The van der Waals surface area contributed by atoms with Crippen LogP contribution in [0.5, 0.6) is 5.75 Å². The van der Waals surface area contributed by atoms with E-state index in [0.29, 0.717) is 44.0 Å². The van der Waals surface area contributed by atoms with Gasteiger partial charge in [0.2, 0.25) is 5.91 Å². The van der Waals surface area contributed by atoms with Crippen molar-refractivity contribution in [3.63, 3.8) is 0 Å². The number of aromatic nitrogens is 2. The van der Waals surface area contributed by atoms with E-state index in [9.17, 15) is 19.7 Å². The SMILES string of the molecule is COc1ccc(NC(=O)Nc2nc(CCC(=O)Nc3nc4ccc([N+](=O)[O-])cc4s3)cs2)cc1. The van der Waals surface area contributed by atoms with Crippen molar-refractivity contribution in [1.29, 1.82) is 0 Å². The van der Waals surface area contributed by atoms with Gasteiger partial charge in [0.1, 0.15) is 5.75 Å². The number of hydrogen-bond donors (Lipinski definition) is 3. The molecule has 0 bridgehead atoms. The van der Waals surface area contributed by atoms with Gasteiger partial charge in [-0.25, -0.2) is 14.8 Å². The van der Waals surface area contributed by atoms with Gasteiger partial charge in [-0.1, -0.05) is 11.3 Å². The van der Waals surface area contributed by atoms with Crippen molar-refractivity contribution in [2.24, 2.45) is 0 Å². The highest BCUT2D eigenvalue weighted by molar-refractivity contribution is 7.22. The van der Waals surface area contributed by atoms with Gasteiger partial charge in [0, 0.05) is 29.6 Å². The van der Waals surface area contributed by atoms with E-state index in [1.165, 1.54) is 34.8 Å². The zero-order valence-electron chi connectivity index (χ0n) is 17.7. The number of non-ortho nitro benzene ring substituents is 1. The number of nitro groups is 1. The summed E-state index contributed by atoms with van der Waals surface area (Å²) >= 11 is 2.43. The van der Waals surface area contributed by atoms with Crippen LogP contribution in [0, 0.1) is 10.1 Å². The molecular formula is C21H18N6O5S2. The minimum Gasteiger partial charge on any atom is -0.497 e. The molecule has 13 heteroatoms. The van der Waals surface area contributed by atoms with Gasteiger partial charge in [-0.3, -0.25) is 20.2 Å². The Hall–Kier alpha value is -4.10. The minimum atomic E-state index is -0.475. The Kier molecular flexibility index (Phi) is 6.94. The van der Waals surface area contributed by atoms with E-state index >= 15 is 0 Å². The highest BCUT2D eigenvalue weighted by Gasteiger charge is 2.13. The Balaban J connectivity index is 1.26. The second kappa shape index (κ2) is 10.2. The average Bonchev–Trinajstić information content (AvgIpc) is 3.43. The minimum absolute atomic E-state index is 0.0281. The average molecular weight is 499 g/mol. The van der Waals surface area contributed by atoms with Gasteiger partial charge in [0.15, 0.2) is 10.3 Å². The Morgan fingerprint density at radius 2 is 1.85 bits per heavy atom. The number of fused-ring (bicyclic) bond motifs is 1. The molecule has 0 saturated carbocycles. The number of aryl methyl sites for hydroxylation is 1. The molecule has 174 valence electrons. The lowest BCUT2D eigenvalue weighted by atomic mass is 10.2. The van der Waals surface area contributed by atoms with Gasteiger partial charge in [0.25, 0.3) is 5.69 Å². The van der Waals surface area contributed by atoms with Crippen molar-refractivity contribution in [2.75, 3.05) is 23.1 Å². The maximum absolute atomic E-state index is 12.3. The van der Waals surface area contributed by atoms with Crippen molar-refractivity contribution < 1.29 is 19.2 Å². The molecule has 3 amide bonds. The molecule has 4 aromatic rings. The largest absolute Gasteiger partial charge is 0.497 e. The first-order valence-electron chi connectivity index (χ1n) is 9.91. The molecule has 3 N–H and O–H groups in total. The maximum Gasteiger partial charge on any atom is 0.325 e. The molecular weight excluding hydrogens is 480 g/mol. The van der Waals surface area contributed by atoms with E-state index in [4.69, 9.17) is 4.74 Å². The van der Waals surface area contributed by atoms with E-state index in [-0.39, 0.29) is 18.0 Å². The van der Waals surface area contributed by atoms with Crippen molar-refractivity contribution in [1.82, 2.24) is 9.97 Å². The Morgan fingerprint density at radius 1 is 1.06 bits per heavy atom. The molecule has 0 radical (unpaired) electrons. The number of nitrogens with zero attached hydrogens (tertiary/aromatic N) is 3. The Labute approximate surface area is 201 Å². The third-order valence-corrected chi connectivity index (χ3v) is 6.30. The molecule has 0 aliphatic carbocycles. The normalized spacial score (nSPS) is 10.6. The number of nitrogens with one attached hydrogen (secondary N) is 3. The van der Waals surface area contributed by atoms with Crippen LogP contribution >= 0.6 is 22.7 Å². The molecule has 0 unspecified atom stereocenters. The molecule has 0 saturated heterocycles. The van der Waals surface area contributed by atoms with Crippen molar-refractivity contribution in [3.8, 4) is 5.75 Å². The Morgan fingerprint density at radius 3 is 2.59 bits per heavy atom. The number of methoxy groups -OCH3 is 1. The lowest BCUT2D eigenvalue weighted by Gasteiger charge is -2.06. The maximum atomic E-state index is 12.3. The number of amides is 3. The van der Waals surface area contributed by atoms with Gasteiger partial charge in [-0.15, -0.1) is 11.3 Å². The van der Waals surface area contributed by atoms with E-state index in [2.05, 4.69) is 25.9 Å². The highest BCUT2D eigenvalue weighted by atomic mass is 32.1. The van der Waals surface area contributed by atoms with Crippen LogP contribution in [0.25, 0.3) is 10.2 Å². The molecule has 0 aliphatic rings. The number of ether oxygens (including phenoxy) is 1. The number of anilines is 3. The fourth-order valence-corrected chi connectivity index (χ4v) is 4.57. The van der Waals surface area contributed by atoms with Crippen LogP contribution in [0.1, 0.15) is 12.1 Å².